The summed E-state index contributed by atoms with van der Waals surface area (Å²) in [6.07, 6.45) is 2.18. The Hall–Kier alpha value is -2.45. The Bertz CT molecular complexity index is 720. The predicted octanol–water partition coefficient (Wildman–Crippen LogP) is 2.28. The lowest BCUT2D eigenvalue weighted by atomic mass is 10.1. The van der Waals surface area contributed by atoms with Crippen LogP contribution in [0.3, 0.4) is 0 Å². The summed E-state index contributed by atoms with van der Waals surface area (Å²) >= 11 is 5.60. The van der Waals surface area contributed by atoms with Gasteiger partial charge < -0.3 is 19.9 Å². The highest BCUT2D eigenvalue weighted by molar-refractivity contribution is 6.17. The van der Waals surface area contributed by atoms with Gasteiger partial charge in [-0.3, -0.25) is 4.84 Å². The van der Waals surface area contributed by atoms with E-state index in [1.807, 2.05) is 12.1 Å². The summed E-state index contributed by atoms with van der Waals surface area (Å²) < 4.78 is 16.1. The molecule has 0 saturated heterocycles. The Kier molecular flexibility index (Phi) is 7.11. The van der Waals surface area contributed by atoms with Crippen LogP contribution in [0, 0.1) is 0 Å². The van der Waals surface area contributed by atoms with Crippen molar-refractivity contribution in [1.82, 2.24) is 9.97 Å². The van der Waals surface area contributed by atoms with Gasteiger partial charge in [0, 0.05) is 31.1 Å². The van der Waals surface area contributed by atoms with E-state index in [4.69, 9.17) is 36.4 Å². The number of halogens is 1. The van der Waals surface area contributed by atoms with Crippen LogP contribution >= 0.6 is 11.6 Å². The fourth-order valence-corrected chi connectivity index (χ4v) is 2.45. The molecule has 26 heavy (non-hydrogen) atoms. The number of rotatable bonds is 9. The maximum absolute atomic E-state index is 6.09. The Morgan fingerprint density at radius 2 is 1.77 bits per heavy atom. The summed E-state index contributed by atoms with van der Waals surface area (Å²) in [5.41, 5.74) is 7.78. The fourth-order valence-electron chi connectivity index (χ4n) is 2.38. The molecule has 0 aliphatic carbocycles. The van der Waals surface area contributed by atoms with Crippen molar-refractivity contribution in [2.24, 2.45) is 0 Å². The van der Waals surface area contributed by atoms with E-state index >= 15 is 0 Å². The maximum atomic E-state index is 6.09. The zero-order valence-corrected chi connectivity index (χ0v) is 16.0. The normalized spacial score (nSPS) is 10.5. The molecule has 0 radical (unpaired) electrons. The van der Waals surface area contributed by atoms with Crippen LogP contribution in [-0.2, 0) is 11.3 Å². The van der Waals surface area contributed by atoms with E-state index in [-0.39, 0.29) is 0 Å². The molecule has 0 spiro atoms. The number of nitrogen functional groups attached to an aromatic ring is 1. The summed E-state index contributed by atoms with van der Waals surface area (Å²) in [5, 5.41) is 1.43. The number of nitrogens with two attached hydrogens (primary N) is 1. The number of nitrogens with zero attached hydrogens (tertiary/aromatic N) is 3. The zero-order valence-electron chi connectivity index (χ0n) is 15.3. The lowest BCUT2D eigenvalue weighted by molar-refractivity contribution is 0.132. The largest absolute Gasteiger partial charge is 0.493 e. The second-order valence-corrected chi connectivity index (χ2v) is 5.69. The molecular formula is C17H23ClN4O4. The predicted molar refractivity (Wildman–Crippen MR) is 100 cm³/mol. The van der Waals surface area contributed by atoms with Gasteiger partial charge in [-0.1, -0.05) is 0 Å². The Labute approximate surface area is 157 Å². The average molecular weight is 383 g/mol. The standard InChI is InChI=1S/C17H23ClN4O4/c1-22(26-6-5-18)17-20-10-12(16(19)21-17)7-11-8-13(23-2)15(25-4)14(9-11)24-3/h8-10H,5-7H2,1-4H3,(H2,19,20,21). The van der Waals surface area contributed by atoms with Crippen molar-refractivity contribution in [1.29, 1.82) is 0 Å². The molecule has 0 amide bonds. The van der Waals surface area contributed by atoms with Gasteiger partial charge in [0.1, 0.15) is 5.82 Å². The summed E-state index contributed by atoms with van der Waals surface area (Å²) in [4.78, 5) is 13.9. The van der Waals surface area contributed by atoms with Crippen molar-refractivity contribution in [3.8, 4) is 17.2 Å². The van der Waals surface area contributed by atoms with Gasteiger partial charge in [-0.05, 0) is 17.7 Å². The first-order valence-electron chi connectivity index (χ1n) is 7.86. The van der Waals surface area contributed by atoms with Crippen molar-refractivity contribution in [3.05, 3.63) is 29.5 Å². The molecule has 1 aromatic heterocycles. The first kappa shape index (κ1) is 19.9. The van der Waals surface area contributed by atoms with Crippen molar-refractivity contribution in [3.63, 3.8) is 0 Å². The minimum atomic E-state index is 0.356. The van der Waals surface area contributed by atoms with E-state index in [1.165, 1.54) is 5.06 Å². The topological polar surface area (TPSA) is 92.0 Å². The summed E-state index contributed by atoms with van der Waals surface area (Å²) in [6.45, 7) is 0.356. The third-order valence-electron chi connectivity index (χ3n) is 3.65. The van der Waals surface area contributed by atoms with Crippen LogP contribution in [0.4, 0.5) is 11.8 Å². The molecule has 1 aromatic carbocycles. The highest BCUT2D eigenvalue weighted by atomic mass is 35.5. The quantitative estimate of drug-likeness (QED) is 0.521. The smallest absolute Gasteiger partial charge is 0.251 e. The molecule has 2 rings (SSSR count). The first-order chi connectivity index (χ1) is 12.5. The number of methoxy groups -OCH3 is 3. The molecule has 0 saturated carbocycles. The molecule has 1 heterocycles. The van der Waals surface area contributed by atoms with Crippen LogP contribution < -0.4 is 25.0 Å². The van der Waals surface area contributed by atoms with E-state index in [9.17, 15) is 0 Å². The van der Waals surface area contributed by atoms with Gasteiger partial charge in [-0.25, -0.2) is 10.0 Å². The number of aromatic nitrogens is 2. The Morgan fingerprint density at radius 1 is 1.12 bits per heavy atom. The fraction of sp³-hybridized carbons (Fsp3) is 0.412. The number of ether oxygens (including phenoxy) is 3. The second kappa shape index (κ2) is 9.30. The Balaban J connectivity index is 2.25. The molecule has 0 atom stereocenters. The lowest BCUT2D eigenvalue weighted by Gasteiger charge is -2.17. The van der Waals surface area contributed by atoms with E-state index in [2.05, 4.69) is 9.97 Å². The van der Waals surface area contributed by atoms with Gasteiger partial charge >= 0.3 is 0 Å². The molecule has 0 aliphatic rings. The Morgan fingerprint density at radius 3 is 2.27 bits per heavy atom. The van der Waals surface area contributed by atoms with Crippen LogP contribution in [-0.4, -0.2) is 50.8 Å². The summed E-state index contributed by atoms with van der Waals surface area (Å²) in [5.74, 6) is 2.79. The van der Waals surface area contributed by atoms with Crippen LogP contribution in [0.15, 0.2) is 18.3 Å². The van der Waals surface area contributed by atoms with E-state index in [0.717, 1.165) is 11.1 Å². The van der Waals surface area contributed by atoms with Gasteiger partial charge in [0.15, 0.2) is 11.5 Å². The monoisotopic (exact) mass is 382 g/mol. The SMILES string of the molecule is COc1cc(Cc2cnc(N(C)OCCCl)nc2N)cc(OC)c1OC. The van der Waals surface area contributed by atoms with Crippen molar-refractivity contribution >= 4 is 23.4 Å². The number of hydrogen-bond donors (Lipinski definition) is 1. The van der Waals surface area contributed by atoms with Gasteiger partial charge in [-0.2, -0.15) is 4.98 Å². The molecule has 142 valence electrons. The minimum absolute atomic E-state index is 0.356. The molecule has 0 fully saturated rings. The highest BCUT2D eigenvalue weighted by Crippen LogP contribution is 2.38. The third-order valence-corrected chi connectivity index (χ3v) is 3.80. The van der Waals surface area contributed by atoms with Crippen LogP contribution in [0.5, 0.6) is 17.2 Å². The second-order valence-electron chi connectivity index (χ2n) is 5.31. The average Bonchev–Trinajstić information content (AvgIpc) is 2.66. The maximum Gasteiger partial charge on any atom is 0.251 e. The van der Waals surface area contributed by atoms with Crippen molar-refractivity contribution in [2.75, 3.05) is 51.7 Å². The minimum Gasteiger partial charge on any atom is -0.493 e. The summed E-state index contributed by atoms with van der Waals surface area (Å²) in [7, 11) is 6.40. The number of hydrogen-bond acceptors (Lipinski definition) is 8. The first-order valence-corrected chi connectivity index (χ1v) is 8.40. The summed E-state index contributed by atoms with van der Waals surface area (Å²) in [6, 6.07) is 3.73. The van der Waals surface area contributed by atoms with Gasteiger partial charge in [0.2, 0.25) is 5.75 Å². The van der Waals surface area contributed by atoms with E-state index in [0.29, 0.717) is 47.9 Å². The number of anilines is 2. The zero-order chi connectivity index (χ0) is 19.1. The van der Waals surface area contributed by atoms with Crippen molar-refractivity contribution < 1.29 is 19.0 Å². The molecular weight excluding hydrogens is 360 g/mol. The number of hydroxylamine groups is 1. The van der Waals surface area contributed by atoms with E-state index < -0.39 is 0 Å². The third kappa shape index (κ3) is 4.59. The molecule has 0 unspecified atom stereocenters. The van der Waals surface area contributed by atoms with Crippen LogP contribution in [0.2, 0.25) is 0 Å². The number of alkyl halides is 1. The van der Waals surface area contributed by atoms with Gasteiger partial charge in [-0.15, -0.1) is 11.6 Å². The van der Waals surface area contributed by atoms with Crippen molar-refractivity contribution in [2.45, 2.75) is 6.42 Å². The number of benzene rings is 1. The lowest BCUT2D eigenvalue weighted by Crippen LogP contribution is -2.22. The molecule has 2 N–H and O–H groups in total. The molecule has 0 bridgehead atoms. The molecule has 0 aliphatic heterocycles. The van der Waals surface area contributed by atoms with Crippen LogP contribution in [0.1, 0.15) is 11.1 Å². The molecule has 9 heteroatoms. The van der Waals surface area contributed by atoms with Gasteiger partial charge in [0.25, 0.3) is 5.95 Å². The highest BCUT2D eigenvalue weighted by Gasteiger charge is 2.15. The molecule has 2 aromatic rings. The van der Waals surface area contributed by atoms with E-state index in [1.54, 1.807) is 34.6 Å². The van der Waals surface area contributed by atoms with Crippen LogP contribution in [0.25, 0.3) is 0 Å². The van der Waals surface area contributed by atoms with Gasteiger partial charge in [0.05, 0.1) is 27.9 Å². The molecule has 8 nitrogen and oxygen atoms in total.